The average Bonchev–Trinajstić information content (AvgIpc) is 2.67. The maximum Gasteiger partial charge on any atom is 0.270 e. The molecule has 1 saturated carbocycles. The number of sulfone groups is 1. The minimum absolute atomic E-state index is 0.0383. The first-order valence-corrected chi connectivity index (χ1v) is 11.7. The molecule has 0 spiro atoms. The van der Waals surface area contributed by atoms with Crippen molar-refractivity contribution in [2.24, 2.45) is 5.92 Å². The van der Waals surface area contributed by atoms with E-state index in [1.807, 2.05) is 9.80 Å². The molecule has 2 fully saturated rings. The van der Waals surface area contributed by atoms with Gasteiger partial charge in [-0.15, -0.1) is 0 Å². The lowest BCUT2D eigenvalue weighted by molar-refractivity contribution is -0.385. The van der Waals surface area contributed by atoms with Crippen molar-refractivity contribution in [1.82, 2.24) is 4.90 Å². The van der Waals surface area contributed by atoms with E-state index in [0.29, 0.717) is 44.2 Å². The molecular weight excluding hydrogens is 382 g/mol. The molecule has 3 rings (SSSR count). The van der Waals surface area contributed by atoms with Gasteiger partial charge in [-0.25, -0.2) is 8.42 Å². The lowest BCUT2D eigenvalue weighted by Gasteiger charge is -2.37. The molecule has 154 valence electrons. The predicted molar refractivity (Wildman–Crippen MR) is 106 cm³/mol. The van der Waals surface area contributed by atoms with Gasteiger partial charge in [0.1, 0.15) is 0 Å². The Morgan fingerprint density at radius 3 is 2.36 bits per heavy atom. The Labute approximate surface area is 165 Å². The smallest absolute Gasteiger partial charge is 0.270 e. The number of piperazine rings is 1. The van der Waals surface area contributed by atoms with Crippen LogP contribution in [0.2, 0.25) is 0 Å². The number of nitro benzene ring substituents is 1. The monoisotopic (exact) mass is 409 g/mol. The quantitative estimate of drug-likeness (QED) is 0.547. The molecule has 1 aromatic rings. The van der Waals surface area contributed by atoms with Gasteiger partial charge in [0.25, 0.3) is 5.69 Å². The lowest BCUT2D eigenvalue weighted by atomic mass is 9.86. The van der Waals surface area contributed by atoms with Crippen LogP contribution in [-0.4, -0.2) is 56.6 Å². The molecule has 9 heteroatoms. The molecule has 1 aliphatic heterocycles. The zero-order chi connectivity index (χ0) is 20.3. The maximum absolute atomic E-state index is 12.6. The zero-order valence-corrected chi connectivity index (χ0v) is 17.0. The molecule has 1 aromatic carbocycles. The van der Waals surface area contributed by atoms with E-state index in [1.165, 1.54) is 31.4 Å². The summed E-state index contributed by atoms with van der Waals surface area (Å²) in [7, 11) is -3.61. The van der Waals surface area contributed by atoms with E-state index in [0.717, 1.165) is 25.2 Å². The Hall–Kier alpha value is -2.16. The summed E-state index contributed by atoms with van der Waals surface area (Å²) < 4.78 is 24.3. The summed E-state index contributed by atoms with van der Waals surface area (Å²) in [6, 6.07) is 3.93. The topological polar surface area (TPSA) is 101 Å². The van der Waals surface area contributed by atoms with E-state index in [9.17, 15) is 23.3 Å². The fourth-order valence-corrected chi connectivity index (χ4v) is 5.05. The largest absolute Gasteiger partial charge is 0.367 e. The van der Waals surface area contributed by atoms with Gasteiger partial charge in [0.05, 0.1) is 15.5 Å². The molecule has 8 nitrogen and oxygen atoms in total. The van der Waals surface area contributed by atoms with Crippen LogP contribution in [0.5, 0.6) is 0 Å². The van der Waals surface area contributed by atoms with Gasteiger partial charge in [0.15, 0.2) is 9.84 Å². The Bertz CT molecular complexity index is 841. The molecule has 0 atom stereocenters. The first-order chi connectivity index (χ1) is 13.3. The van der Waals surface area contributed by atoms with Gasteiger partial charge in [-0.1, -0.05) is 19.3 Å². The van der Waals surface area contributed by atoms with E-state index in [2.05, 4.69) is 0 Å². The summed E-state index contributed by atoms with van der Waals surface area (Å²) in [5.41, 5.74) is 0.220. The molecule has 1 aliphatic carbocycles. The highest BCUT2D eigenvalue weighted by atomic mass is 32.2. The van der Waals surface area contributed by atoms with Crippen LogP contribution < -0.4 is 4.90 Å². The van der Waals surface area contributed by atoms with Crippen LogP contribution in [0.3, 0.4) is 0 Å². The molecule has 2 aliphatic rings. The number of benzene rings is 1. The molecule has 0 unspecified atom stereocenters. The highest BCUT2D eigenvalue weighted by Crippen LogP contribution is 2.31. The third kappa shape index (κ3) is 4.81. The highest BCUT2D eigenvalue weighted by molar-refractivity contribution is 7.90. The second-order valence-electron chi connectivity index (χ2n) is 7.76. The van der Waals surface area contributed by atoms with Crippen LogP contribution in [-0.2, 0) is 14.6 Å². The fourth-order valence-electron chi connectivity index (χ4n) is 4.14. The van der Waals surface area contributed by atoms with Crippen molar-refractivity contribution in [2.75, 3.05) is 37.3 Å². The lowest BCUT2D eigenvalue weighted by Crippen LogP contribution is -2.49. The van der Waals surface area contributed by atoms with Crippen molar-refractivity contribution in [2.45, 2.75) is 43.4 Å². The van der Waals surface area contributed by atoms with Crippen LogP contribution in [0.25, 0.3) is 0 Å². The first-order valence-electron chi connectivity index (χ1n) is 9.77. The minimum atomic E-state index is -3.61. The average molecular weight is 410 g/mol. The van der Waals surface area contributed by atoms with Gasteiger partial charge in [-0.3, -0.25) is 14.9 Å². The molecule has 1 heterocycles. The Kier molecular flexibility index (Phi) is 6.22. The van der Waals surface area contributed by atoms with Gasteiger partial charge >= 0.3 is 0 Å². The second-order valence-corrected chi connectivity index (χ2v) is 9.74. The third-order valence-corrected chi connectivity index (χ3v) is 6.84. The number of amides is 1. The standard InChI is InChI=1S/C19H27N3O5S/c1-28(26,27)18-14-16(22(24)25)7-8-17(18)20-9-11-21(12-10-20)19(23)13-15-5-3-2-4-6-15/h7-8,14-15H,2-6,9-13H2,1H3. The normalized spacial score (nSPS) is 18.9. The molecule has 0 aromatic heterocycles. The van der Waals surface area contributed by atoms with Gasteiger partial charge in [0.2, 0.25) is 5.91 Å². The van der Waals surface area contributed by atoms with Gasteiger partial charge in [0, 0.05) is 51.0 Å². The maximum atomic E-state index is 12.6. The Morgan fingerprint density at radius 1 is 1.14 bits per heavy atom. The van der Waals surface area contributed by atoms with E-state index >= 15 is 0 Å². The van der Waals surface area contributed by atoms with E-state index in [-0.39, 0.29) is 16.5 Å². The molecule has 0 N–H and O–H groups in total. The van der Waals surface area contributed by atoms with Crippen molar-refractivity contribution in [3.05, 3.63) is 28.3 Å². The second kappa shape index (κ2) is 8.46. The van der Waals surface area contributed by atoms with Gasteiger partial charge in [-0.05, 0) is 24.8 Å². The number of non-ortho nitro benzene ring substituents is 1. The highest BCUT2D eigenvalue weighted by Gasteiger charge is 2.27. The summed E-state index contributed by atoms with van der Waals surface area (Å²) in [5, 5.41) is 11.0. The summed E-state index contributed by atoms with van der Waals surface area (Å²) >= 11 is 0. The first kappa shape index (κ1) is 20.6. The fraction of sp³-hybridized carbons (Fsp3) is 0.632. The number of carbonyl (C=O) groups excluding carboxylic acids is 1. The van der Waals surface area contributed by atoms with Crippen LogP contribution in [0.1, 0.15) is 38.5 Å². The van der Waals surface area contributed by atoms with Crippen LogP contribution in [0, 0.1) is 16.0 Å². The molecular formula is C19H27N3O5S. The molecule has 28 heavy (non-hydrogen) atoms. The number of rotatable bonds is 5. The van der Waals surface area contributed by atoms with Crippen LogP contribution in [0.4, 0.5) is 11.4 Å². The van der Waals surface area contributed by atoms with Crippen molar-refractivity contribution >= 4 is 27.1 Å². The minimum Gasteiger partial charge on any atom is -0.367 e. The Balaban J connectivity index is 1.67. The van der Waals surface area contributed by atoms with E-state index in [1.54, 1.807) is 0 Å². The van der Waals surface area contributed by atoms with Crippen LogP contribution in [0.15, 0.2) is 23.1 Å². The van der Waals surface area contributed by atoms with Crippen LogP contribution >= 0.6 is 0 Å². The van der Waals surface area contributed by atoms with Crippen molar-refractivity contribution in [3.63, 3.8) is 0 Å². The van der Waals surface area contributed by atoms with Crippen molar-refractivity contribution < 1.29 is 18.1 Å². The number of hydrogen-bond acceptors (Lipinski definition) is 6. The van der Waals surface area contributed by atoms with Gasteiger partial charge < -0.3 is 9.80 Å². The summed E-state index contributed by atoms with van der Waals surface area (Å²) in [5.74, 6) is 0.671. The molecule has 1 amide bonds. The number of nitrogens with zero attached hydrogens (tertiary/aromatic N) is 3. The summed E-state index contributed by atoms with van der Waals surface area (Å²) in [4.78, 5) is 26.7. The van der Waals surface area contributed by atoms with Crippen molar-refractivity contribution in [3.8, 4) is 0 Å². The van der Waals surface area contributed by atoms with Gasteiger partial charge in [-0.2, -0.15) is 0 Å². The van der Waals surface area contributed by atoms with E-state index < -0.39 is 14.8 Å². The third-order valence-electron chi connectivity index (χ3n) is 5.71. The molecule has 0 bridgehead atoms. The number of hydrogen-bond donors (Lipinski definition) is 0. The summed E-state index contributed by atoms with van der Waals surface area (Å²) in [6.45, 7) is 2.09. The number of nitro groups is 1. The van der Waals surface area contributed by atoms with E-state index in [4.69, 9.17) is 0 Å². The predicted octanol–water partition coefficient (Wildman–Crippen LogP) is 2.62. The zero-order valence-electron chi connectivity index (χ0n) is 16.2. The number of anilines is 1. The SMILES string of the molecule is CS(=O)(=O)c1cc([N+](=O)[O-])ccc1N1CCN(C(=O)CC2CCCCC2)CC1. The molecule has 1 saturated heterocycles. The Morgan fingerprint density at radius 2 is 1.79 bits per heavy atom. The molecule has 0 radical (unpaired) electrons. The summed E-state index contributed by atoms with van der Waals surface area (Å²) in [6.07, 6.45) is 7.60. The van der Waals surface area contributed by atoms with Crippen molar-refractivity contribution in [1.29, 1.82) is 0 Å². The number of carbonyl (C=O) groups is 1.